The summed E-state index contributed by atoms with van der Waals surface area (Å²) in [6.45, 7) is 3.43. The van der Waals surface area contributed by atoms with E-state index in [1.165, 1.54) is 19.2 Å². The topological polar surface area (TPSA) is 79.6 Å². The maximum absolute atomic E-state index is 13.3. The zero-order valence-electron chi connectivity index (χ0n) is 15.3. The molecular weight excluding hydrogens is 377 g/mol. The fourth-order valence-corrected chi connectivity index (χ4v) is 5.07. The van der Waals surface area contributed by atoms with Crippen LogP contribution in [0.1, 0.15) is 31.4 Å². The van der Waals surface area contributed by atoms with Crippen LogP contribution < -0.4 is 4.90 Å². The molecule has 3 aliphatic rings. The average Bonchev–Trinajstić information content (AvgIpc) is 3.14. The van der Waals surface area contributed by atoms with Gasteiger partial charge in [0.25, 0.3) is 0 Å². The second-order valence-electron chi connectivity index (χ2n) is 7.83. The van der Waals surface area contributed by atoms with Crippen molar-refractivity contribution in [2.45, 2.75) is 43.8 Å². The minimum Gasteiger partial charge on any atom is -0.378 e. The van der Waals surface area contributed by atoms with E-state index < -0.39 is 58.3 Å². The van der Waals surface area contributed by atoms with Gasteiger partial charge in [-0.2, -0.15) is 18.4 Å². The molecule has 3 fully saturated rings. The molecule has 0 spiro atoms. The number of alkyl halides is 3. The summed E-state index contributed by atoms with van der Waals surface area (Å²) < 4.78 is 51.4. The number of anilines is 1. The number of hydrogen-bond donors (Lipinski definition) is 0. The van der Waals surface area contributed by atoms with Crippen molar-refractivity contribution in [3.8, 4) is 6.07 Å². The minimum absolute atomic E-state index is 0.198. The van der Waals surface area contributed by atoms with Gasteiger partial charge in [0.1, 0.15) is 5.60 Å². The van der Waals surface area contributed by atoms with Crippen LogP contribution in [0.5, 0.6) is 0 Å². The van der Waals surface area contributed by atoms with Gasteiger partial charge < -0.3 is 9.47 Å². The van der Waals surface area contributed by atoms with Crippen LogP contribution in [0.3, 0.4) is 0 Å². The van der Waals surface area contributed by atoms with Gasteiger partial charge in [0.15, 0.2) is 0 Å². The molecule has 5 atom stereocenters. The lowest BCUT2D eigenvalue weighted by Gasteiger charge is -2.34. The highest BCUT2D eigenvalue weighted by atomic mass is 19.4. The highest BCUT2D eigenvalue weighted by Gasteiger charge is 2.76. The number of rotatable bonds is 2. The summed E-state index contributed by atoms with van der Waals surface area (Å²) >= 11 is 0. The lowest BCUT2D eigenvalue weighted by molar-refractivity contribution is -0.138. The van der Waals surface area contributed by atoms with Crippen LogP contribution in [0, 0.1) is 23.2 Å². The third kappa shape index (κ3) is 2.22. The van der Waals surface area contributed by atoms with Crippen LogP contribution in [0.15, 0.2) is 18.2 Å². The third-order valence-electron chi connectivity index (χ3n) is 6.24. The first kappa shape index (κ1) is 18.9. The van der Waals surface area contributed by atoms with Crippen LogP contribution in [0.25, 0.3) is 0 Å². The van der Waals surface area contributed by atoms with Crippen LogP contribution >= 0.6 is 0 Å². The number of halogens is 3. The van der Waals surface area contributed by atoms with Gasteiger partial charge in [-0.15, -0.1) is 0 Å². The lowest BCUT2D eigenvalue weighted by Crippen LogP contribution is -2.49. The van der Waals surface area contributed by atoms with Crippen LogP contribution in [-0.2, 0) is 25.2 Å². The Labute approximate surface area is 158 Å². The van der Waals surface area contributed by atoms with Gasteiger partial charge in [-0.05, 0) is 32.0 Å². The number of ether oxygens (including phenoxy) is 2. The molecular formula is C19H17F3N2O4. The van der Waals surface area contributed by atoms with E-state index in [2.05, 4.69) is 0 Å². The molecule has 0 saturated carbocycles. The number of methoxy groups -OCH3 is 1. The fraction of sp³-hybridized carbons (Fsp3) is 0.526. The Morgan fingerprint density at radius 1 is 1.25 bits per heavy atom. The average molecular weight is 394 g/mol. The summed E-state index contributed by atoms with van der Waals surface area (Å²) in [4.78, 5) is 27.0. The summed E-state index contributed by atoms with van der Waals surface area (Å²) in [5, 5.41) is 8.95. The zero-order chi connectivity index (χ0) is 20.6. The Morgan fingerprint density at radius 2 is 1.89 bits per heavy atom. The molecule has 0 aliphatic carbocycles. The van der Waals surface area contributed by atoms with E-state index in [9.17, 15) is 22.8 Å². The Bertz CT molecular complexity index is 940. The number of benzene rings is 1. The Balaban J connectivity index is 1.80. The molecule has 4 rings (SSSR count). The molecule has 0 N–H and O–H groups in total. The predicted octanol–water partition coefficient (Wildman–Crippen LogP) is 2.65. The van der Waals surface area contributed by atoms with Crippen molar-refractivity contribution in [1.82, 2.24) is 0 Å². The Morgan fingerprint density at radius 3 is 2.46 bits per heavy atom. The molecule has 1 aromatic rings. The van der Waals surface area contributed by atoms with Gasteiger partial charge in [-0.1, -0.05) is 0 Å². The van der Waals surface area contributed by atoms with Crippen molar-refractivity contribution in [3.05, 3.63) is 29.3 Å². The Hall–Kier alpha value is -2.44. The highest BCUT2D eigenvalue weighted by Crippen LogP contribution is 2.61. The van der Waals surface area contributed by atoms with Gasteiger partial charge in [-0.3, -0.25) is 9.59 Å². The van der Waals surface area contributed by atoms with Gasteiger partial charge in [0, 0.05) is 13.5 Å². The summed E-state index contributed by atoms with van der Waals surface area (Å²) in [6, 6.07) is 4.32. The van der Waals surface area contributed by atoms with Gasteiger partial charge >= 0.3 is 6.18 Å². The molecule has 3 saturated heterocycles. The Kier molecular flexibility index (Phi) is 3.75. The standard InChI is InChI=1S/C19H17F3N2O4/c1-17-7-12(27-3)18(2,28-17)14-13(17)15(25)24(16(14)26)10-5-4-9(8-23)11(6-10)19(20,21)22/h4-6,12-14H,7H2,1-3H3/t12-,13+,14-,17-,18-/m0/s1. The van der Waals surface area contributed by atoms with Crippen molar-refractivity contribution < 1.29 is 32.2 Å². The maximum Gasteiger partial charge on any atom is 0.417 e. The van der Waals surface area contributed by atoms with Gasteiger partial charge in [-0.25, -0.2) is 4.90 Å². The second-order valence-corrected chi connectivity index (χ2v) is 7.83. The first-order valence-electron chi connectivity index (χ1n) is 8.70. The number of amides is 2. The minimum atomic E-state index is -4.79. The number of nitriles is 1. The number of fused-ring (bicyclic) bond motifs is 5. The predicted molar refractivity (Wildman–Crippen MR) is 88.9 cm³/mol. The van der Waals surface area contributed by atoms with E-state index in [0.29, 0.717) is 12.5 Å². The summed E-state index contributed by atoms with van der Waals surface area (Å²) in [6.07, 6.45) is -4.78. The van der Waals surface area contributed by atoms with E-state index in [0.717, 1.165) is 11.0 Å². The van der Waals surface area contributed by atoms with Crippen molar-refractivity contribution in [2.24, 2.45) is 11.8 Å². The monoisotopic (exact) mass is 394 g/mol. The van der Waals surface area contributed by atoms with Crippen molar-refractivity contribution in [2.75, 3.05) is 12.0 Å². The van der Waals surface area contributed by atoms with E-state index in [1.54, 1.807) is 13.8 Å². The van der Waals surface area contributed by atoms with Crippen molar-refractivity contribution >= 4 is 17.5 Å². The molecule has 2 amide bonds. The number of carbonyl (C=O) groups is 2. The summed E-state index contributed by atoms with van der Waals surface area (Å²) in [5.74, 6) is -2.83. The first-order chi connectivity index (χ1) is 13.0. The first-order valence-corrected chi connectivity index (χ1v) is 8.70. The van der Waals surface area contributed by atoms with Crippen LogP contribution in [-0.4, -0.2) is 36.2 Å². The number of carbonyl (C=O) groups excluding carboxylic acids is 2. The third-order valence-corrected chi connectivity index (χ3v) is 6.24. The molecule has 0 unspecified atom stereocenters. The largest absolute Gasteiger partial charge is 0.417 e. The summed E-state index contributed by atoms with van der Waals surface area (Å²) in [7, 11) is 1.49. The van der Waals surface area contributed by atoms with Crippen LogP contribution in [0.2, 0.25) is 0 Å². The molecule has 9 heteroatoms. The molecule has 28 heavy (non-hydrogen) atoms. The maximum atomic E-state index is 13.3. The molecule has 6 nitrogen and oxygen atoms in total. The highest BCUT2D eigenvalue weighted by molar-refractivity contribution is 6.23. The normalized spacial score (nSPS) is 36.8. The second kappa shape index (κ2) is 5.55. The van der Waals surface area contributed by atoms with Gasteiger partial charge in [0.2, 0.25) is 11.8 Å². The van der Waals surface area contributed by atoms with E-state index >= 15 is 0 Å². The van der Waals surface area contributed by atoms with E-state index in [-0.39, 0.29) is 5.69 Å². The van der Waals surface area contributed by atoms with E-state index in [4.69, 9.17) is 14.7 Å². The number of imide groups is 1. The van der Waals surface area contributed by atoms with Gasteiger partial charge in [0.05, 0.1) is 46.4 Å². The fourth-order valence-electron chi connectivity index (χ4n) is 5.07. The zero-order valence-corrected chi connectivity index (χ0v) is 15.3. The molecule has 0 aromatic heterocycles. The number of nitrogens with zero attached hydrogens (tertiary/aromatic N) is 2. The molecule has 2 bridgehead atoms. The quantitative estimate of drug-likeness (QED) is 0.721. The van der Waals surface area contributed by atoms with Crippen molar-refractivity contribution in [1.29, 1.82) is 5.26 Å². The molecule has 3 aliphatic heterocycles. The SMILES string of the molecule is CO[C@H]1C[C@]2(C)O[C@]1(C)[C@@H]1C(=O)N(c3ccc(C#N)c(C(F)(F)F)c3)C(=O)[C@@H]12. The lowest BCUT2D eigenvalue weighted by atomic mass is 9.67. The smallest absolute Gasteiger partial charge is 0.378 e. The molecule has 0 radical (unpaired) electrons. The van der Waals surface area contributed by atoms with E-state index in [1.807, 2.05) is 0 Å². The van der Waals surface area contributed by atoms with Crippen LogP contribution in [0.4, 0.5) is 18.9 Å². The molecule has 3 heterocycles. The van der Waals surface area contributed by atoms with Crippen molar-refractivity contribution in [3.63, 3.8) is 0 Å². The molecule has 148 valence electrons. The summed E-state index contributed by atoms with van der Waals surface area (Å²) in [5.41, 5.74) is -3.92. The number of hydrogen-bond acceptors (Lipinski definition) is 5. The molecule has 1 aromatic carbocycles.